The van der Waals surface area contributed by atoms with Gasteiger partial charge in [0.2, 0.25) is 0 Å². The second kappa shape index (κ2) is 5.75. The molecule has 5 heteroatoms. The Morgan fingerprint density at radius 2 is 2.00 bits per heavy atom. The van der Waals surface area contributed by atoms with E-state index in [4.69, 9.17) is 18.0 Å². The molecule has 2 rings (SSSR count). The number of thiocarbonyl (C=S) groups is 1. The number of hydrogen-bond donors (Lipinski definition) is 1. The van der Waals surface area contributed by atoms with E-state index in [1.165, 1.54) is 11.1 Å². The molecule has 0 saturated carbocycles. The number of nitrogens with two attached hydrogens (primary N) is 1. The summed E-state index contributed by atoms with van der Waals surface area (Å²) in [7, 11) is 1.98. The second-order valence-electron chi connectivity index (χ2n) is 4.41. The molecule has 2 aromatic rings. The number of benzene rings is 1. The van der Waals surface area contributed by atoms with Gasteiger partial charge >= 0.3 is 0 Å². The van der Waals surface area contributed by atoms with Crippen molar-refractivity contribution in [2.24, 2.45) is 5.73 Å². The number of nitrogens with zero attached hydrogens (tertiary/aromatic N) is 3. The van der Waals surface area contributed by atoms with Gasteiger partial charge in [-0.1, -0.05) is 36.5 Å². The minimum atomic E-state index is 0.264. The highest BCUT2D eigenvalue weighted by Crippen LogP contribution is 2.14. The van der Waals surface area contributed by atoms with Gasteiger partial charge in [-0.2, -0.15) is 0 Å². The zero-order chi connectivity index (χ0) is 13.8. The van der Waals surface area contributed by atoms with Crippen LogP contribution in [-0.4, -0.2) is 22.0 Å². The molecule has 0 aliphatic heterocycles. The molecule has 19 heavy (non-hydrogen) atoms. The van der Waals surface area contributed by atoms with Crippen LogP contribution < -0.4 is 10.6 Å². The van der Waals surface area contributed by atoms with Gasteiger partial charge in [0, 0.05) is 13.6 Å². The third-order valence-electron chi connectivity index (χ3n) is 2.95. The van der Waals surface area contributed by atoms with Crippen LogP contribution in [0.15, 0.2) is 36.7 Å². The summed E-state index contributed by atoms with van der Waals surface area (Å²) in [4.78, 5) is 10.8. The van der Waals surface area contributed by atoms with Crippen molar-refractivity contribution in [2.75, 3.05) is 11.9 Å². The monoisotopic (exact) mass is 272 g/mol. The molecular weight excluding hydrogens is 256 g/mol. The Hall–Kier alpha value is -2.01. The number of rotatable bonds is 4. The van der Waals surface area contributed by atoms with Crippen LogP contribution in [0.4, 0.5) is 5.82 Å². The van der Waals surface area contributed by atoms with E-state index in [0.717, 1.165) is 12.4 Å². The Kier molecular flexibility index (Phi) is 4.06. The lowest BCUT2D eigenvalue weighted by molar-refractivity contribution is 0.882. The lowest BCUT2D eigenvalue weighted by atomic mass is 10.1. The van der Waals surface area contributed by atoms with Crippen molar-refractivity contribution in [3.05, 3.63) is 53.5 Å². The van der Waals surface area contributed by atoms with Gasteiger partial charge in [0.15, 0.2) is 0 Å². The van der Waals surface area contributed by atoms with Crippen LogP contribution in [0.3, 0.4) is 0 Å². The number of anilines is 1. The van der Waals surface area contributed by atoms with E-state index in [2.05, 4.69) is 29.0 Å². The van der Waals surface area contributed by atoms with Crippen LogP contribution in [-0.2, 0) is 6.54 Å². The van der Waals surface area contributed by atoms with E-state index in [-0.39, 0.29) is 4.99 Å². The average molecular weight is 272 g/mol. The summed E-state index contributed by atoms with van der Waals surface area (Å²) < 4.78 is 0. The van der Waals surface area contributed by atoms with Crippen molar-refractivity contribution in [3.63, 3.8) is 0 Å². The van der Waals surface area contributed by atoms with E-state index >= 15 is 0 Å². The zero-order valence-electron chi connectivity index (χ0n) is 11.0. The maximum Gasteiger partial charge on any atom is 0.147 e. The van der Waals surface area contributed by atoms with Crippen molar-refractivity contribution >= 4 is 23.0 Å². The van der Waals surface area contributed by atoms with E-state index in [1.54, 1.807) is 12.4 Å². The van der Waals surface area contributed by atoms with Crippen molar-refractivity contribution in [3.8, 4) is 0 Å². The molecule has 1 aromatic heterocycles. The lowest BCUT2D eigenvalue weighted by Crippen LogP contribution is -2.19. The van der Waals surface area contributed by atoms with Crippen LogP contribution in [0, 0.1) is 6.92 Å². The highest BCUT2D eigenvalue weighted by molar-refractivity contribution is 7.80. The molecule has 0 radical (unpaired) electrons. The summed E-state index contributed by atoms with van der Waals surface area (Å²) in [6.07, 6.45) is 3.29. The third-order valence-corrected chi connectivity index (χ3v) is 3.16. The van der Waals surface area contributed by atoms with Crippen molar-refractivity contribution in [1.82, 2.24) is 9.97 Å². The number of hydrogen-bond acceptors (Lipinski definition) is 4. The molecule has 0 fully saturated rings. The first kappa shape index (κ1) is 13.4. The average Bonchev–Trinajstić information content (AvgIpc) is 2.41. The standard InChI is InChI=1S/C14H16N4S/c1-10-5-3-4-6-11(10)9-18(2)13-8-16-12(7-17-13)14(15)19/h3-8H,9H2,1-2H3,(H2,15,19). The van der Waals surface area contributed by atoms with E-state index in [1.807, 2.05) is 24.1 Å². The number of aromatic nitrogens is 2. The van der Waals surface area contributed by atoms with E-state index in [0.29, 0.717) is 5.69 Å². The minimum Gasteiger partial charge on any atom is -0.388 e. The van der Waals surface area contributed by atoms with Crippen molar-refractivity contribution in [2.45, 2.75) is 13.5 Å². The normalized spacial score (nSPS) is 10.2. The van der Waals surface area contributed by atoms with Gasteiger partial charge in [0.05, 0.1) is 12.4 Å². The summed E-state index contributed by atoms with van der Waals surface area (Å²) in [5.74, 6) is 0.795. The largest absolute Gasteiger partial charge is 0.388 e. The maximum atomic E-state index is 5.50. The first-order valence-electron chi connectivity index (χ1n) is 5.95. The van der Waals surface area contributed by atoms with E-state index in [9.17, 15) is 0 Å². The quantitative estimate of drug-likeness (QED) is 0.863. The summed E-state index contributed by atoms with van der Waals surface area (Å²) in [5.41, 5.74) is 8.58. The van der Waals surface area contributed by atoms with Crippen molar-refractivity contribution in [1.29, 1.82) is 0 Å². The number of aryl methyl sites for hydroxylation is 1. The van der Waals surface area contributed by atoms with Crippen LogP contribution in [0.1, 0.15) is 16.8 Å². The zero-order valence-corrected chi connectivity index (χ0v) is 11.8. The molecule has 0 saturated heterocycles. The first-order valence-corrected chi connectivity index (χ1v) is 6.36. The lowest BCUT2D eigenvalue weighted by Gasteiger charge is -2.19. The van der Waals surface area contributed by atoms with Gasteiger partial charge < -0.3 is 10.6 Å². The maximum absolute atomic E-state index is 5.50. The molecule has 2 N–H and O–H groups in total. The predicted molar refractivity (Wildman–Crippen MR) is 81.2 cm³/mol. The molecule has 0 atom stereocenters. The smallest absolute Gasteiger partial charge is 0.147 e. The predicted octanol–water partition coefficient (Wildman–Crippen LogP) is 2.06. The summed E-state index contributed by atoms with van der Waals surface area (Å²) >= 11 is 4.85. The molecule has 0 spiro atoms. The Morgan fingerprint density at radius 1 is 1.26 bits per heavy atom. The Labute approximate surface area is 118 Å². The fraction of sp³-hybridized carbons (Fsp3) is 0.214. The molecular formula is C14H16N4S. The van der Waals surface area contributed by atoms with Gasteiger partial charge in [-0.05, 0) is 18.1 Å². The molecule has 1 aromatic carbocycles. The van der Waals surface area contributed by atoms with E-state index < -0.39 is 0 Å². The molecule has 0 bridgehead atoms. The minimum absolute atomic E-state index is 0.264. The van der Waals surface area contributed by atoms with Gasteiger partial charge in [-0.3, -0.25) is 0 Å². The van der Waals surface area contributed by atoms with Crippen LogP contribution in [0.25, 0.3) is 0 Å². The SMILES string of the molecule is Cc1ccccc1CN(C)c1cnc(C(N)=S)cn1. The molecule has 4 nitrogen and oxygen atoms in total. The second-order valence-corrected chi connectivity index (χ2v) is 4.85. The molecule has 0 unspecified atom stereocenters. The fourth-order valence-corrected chi connectivity index (χ4v) is 1.87. The molecule has 0 aliphatic carbocycles. The topological polar surface area (TPSA) is 55.0 Å². The summed E-state index contributed by atoms with van der Waals surface area (Å²) in [5, 5.41) is 0. The Morgan fingerprint density at radius 3 is 2.58 bits per heavy atom. The summed E-state index contributed by atoms with van der Waals surface area (Å²) in [6.45, 7) is 2.89. The Balaban J connectivity index is 2.14. The highest BCUT2D eigenvalue weighted by atomic mass is 32.1. The summed E-state index contributed by atoms with van der Waals surface area (Å²) in [6, 6.07) is 8.29. The van der Waals surface area contributed by atoms with Gasteiger partial charge in [-0.25, -0.2) is 9.97 Å². The third kappa shape index (κ3) is 3.26. The molecule has 98 valence electrons. The first-order chi connectivity index (χ1) is 9.08. The Bertz CT molecular complexity index is 580. The fourth-order valence-electron chi connectivity index (χ4n) is 1.77. The molecule has 0 amide bonds. The van der Waals surface area contributed by atoms with Crippen LogP contribution >= 0.6 is 12.2 Å². The molecule has 0 aliphatic rings. The van der Waals surface area contributed by atoms with Crippen LogP contribution in [0.5, 0.6) is 0 Å². The molecule has 1 heterocycles. The van der Waals surface area contributed by atoms with Gasteiger partial charge in [0.1, 0.15) is 16.5 Å². The van der Waals surface area contributed by atoms with Crippen LogP contribution in [0.2, 0.25) is 0 Å². The highest BCUT2D eigenvalue weighted by Gasteiger charge is 2.06. The van der Waals surface area contributed by atoms with Crippen molar-refractivity contribution < 1.29 is 0 Å². The van der Waals surface area contributed by atoms with Gasteiger partial charge in [-0.15, -0.1) is 0 Å². The van der Waals surface area contributed by atoms with Gasteiger partial charge in [0.25, 0.3) is 0 Å².